The van der Waals surface area contributed by atoms with Crippen molar-refractivity contribution >= 4 is 11.0 Å². The fraction of sp³-hybridized carbons (Fsp3) is 0.333. The number of benzene rings is 1. The highest BCUT2D eigenvalue weighted by Crippen LogP contribution is 2.35. The maximum absolute atomic E-state index is 5.61. The molecule has 1 fully saturated rings. The van der Waals surface area contributed by atoms with Gasteiger partial charge in [-0.25, -0.2) is 4.98 Å². The Balaban J connectivity index is 1.01. The molecular weight excluding hydrogens is 382 g/mol. The molecule has 4 heterocycles. The van der Waals surface area contributed by atoms with E-state index in [1.165, 1.54) is 0 Å². The molecule has 154 valence electrons. The van der Waals surface area contributed by atoms with E-state index in [0.29, 0.717) is 24.7 Å². The molecule has 9 heteroatoms. The molecule has 0 aliphatic carbocycles. The topological polar surface area (TPSA) is 117 Å². The Morgan fingerprint density at radius 2 is 1.90 bits per heavy atom. The minimum absolute atomic E-state index is 0.0978. The Labute approximate surface area is 173 Å². The lowest BCUT2D eigenvalue weighted by atomic mass is 10.3. The van der Waals surface area contributed by atoms with Gasteiger partial charge in [0.2, 0.25) is 11.7 Å². The molecule has 3 aromatic heterocycles. The smallest absolute Gasteiger partial charge is 0.228 e. The number of rotatable bonds is 10. The second kappa shape index (κ2) is 8.70. The zero-order chi connectivity index (χ0) is 20.2. The van der Waals surface area contributed by atoms with E-state index in [-0.39, 0.29) is 12.3 Å². The van der Waals surface area contributed by atoms with Crippen molar-refractivity contribution in [2.45, 2.75) is 31.7 Å². The van der Waals surface area contributed by atoms with Crippen LogP contribution in [0.1, 0.15) is 29.3 Å². The van der Waals surface area contributed by atoms with Gasteiger partial charge in [-0.2, -0.15) is 4.98 Å². The van der Waals surface area contributed by atoms with E-state index in [2.05, 4.69) is 35.7 Å². The summed E-state index contributed by atoms with van der Waals surface area (Å²) in [5.41, 5.74) is 3.04. The van der Waals surface area contributed by atoms with Crippen molar-refractivity contribution in [2.24, 2.45) is 0 Å². The molecule has 0 saturated carbocycles. The van der Waals surface area contributed by atoms with Crippen LogP contribution < -0.4 is 10.6 Å². The maximum atomic E-state index is 5.61. The van der Waals surface area contributed by atoms with Crippen LogP contribution in [0.15, 0.2) is 53.2 Å². The van der Waals surface area contributed by atoms with Gasteiger partial charge >= 0.3 is 0 Å². The lowest BCUT2D eigenvalue weighted by molar-refractivity contribution is 0.332. The van der Waals surface area contributed by atoms with E-state index in [1.807, 2.05) is 42.5 Å². The Bertz CT molecular complexity index is 1060. The summed E-state index contributed by atoms with van der Waals surface area (Å²) in [4.78, 5) is 16.6. The van der Waals surface area contributed by atoms with Crippen LogP contribution in [-0.2, 0) is 24.1 Å². The zero-order valence-electron chi connectivity index (χ0n) is 16.4. The summed E-state index contributed by atoms with van der Waals surface area (Å²) < 4.78 is 10.9. The second-order valence-corrected chi connectivity index (χ2v) is 7.18. The quantitative estimate of drug-likeness (QED) is 0.271. The highest BCUT2D eigenvalue weighted by Gasteiger charge is 2.43. The number of hydrogen-bond acceptors (Lipinski definition) is 8. The van der Waals surface area contributed by atoms with Crippen molar-refractivity contribution in [2.75, 3.05) is 13.1 Å². The van der Waals surface area contributed by atoms with E-state index < -0.39 is 0 Å². The third-order valence-corrected chi connectivity index (χ3v) is 4.93. The number of para-hydroxylation sites is 2. The van der Waals surface area contributed by atoms with Gasteiger partial charge in [0, 0.05) is 38.7 Å². The number of hydrogen-bond donors (Lipinski definition) is 3. The highest BCUT2D eigenvalue weighted by atomic mass is 16.6. The van der Waals surface area contributed by atoms with Crippen molar-refractivity contribution in [3.05, 3.63) is 71.9 Å². The first-order valence-corrected chi connectivity index (χ1v) is 10.1. The van der Waals surface area contributed by atoms with Crippen LogP contribution in [0.4, 0.5) is 0 Å². The molecule has 9 nitrogen and oxygen atoms in total. The number of aromatic amines is 1. The van der Waals surface area contributed by atoms with E-state index in [0.717, 1.165) is 42.1 Å². The molecule has 2 unspecified atom stereocenters. The number of fused-ring (bicyclic) bond motifs is 1. The average molecular weight is 405 g/mol. The van der Waals surface area contributed by atoms with Crippen LogP contribution in [0.2, 0.25) is 0 Å². The van der Waals surface area contributed by atoms with Crippen LogP contribution in [0.25, 0.3) is 11.0 Å². The number of ether oxygens (including phenoxy) is 1. The van der Waals surface area contributed by atoms with Crippen molar-refractivity contribution < 1.29 is 9.26 Å². The van der Waals surface area contributed by atoms with Gasteiger partial charge in [0.05, 0.1) is 16.7 Å². The number of pyridine rings is 1. The number of nitrogens with one attached hydrogen (secondary N) is 3. The molecule has 5 rings (SSSR count). The lowest BCUT2D eigenvalue weighted by Crippen LogP contribution is -2.20. The Kier molecular flexibility index (Phi) is 5.47. The first-order valence-electron chi connectivity index (χ1n) is 10.1. The molecule has 1 saturated heterocycles. The monoisotopic (exact) mass is 405 g/mol. The Hall–Kier alpha value is -3.14. The molecule has 1 aromatic carbocycles. The van der Waals surface area contributed by atoms with Gasteiger partial charge in [-0.1, -0.05) is 23.4 Å². The molecule has 4 aromatic rings. The average Bonchev–Trinajstić information content (AvgIpc) is 3.19. The van der Waals surface area contributed by atoms with Crippen molar-refractivity contribution in [1.82, 2.24) is 35.7 Å². The molecule has 1 aliphatic heterocycles. The van der Waals surface area contributed by atoms with Crippen LogP contribution in [0.5, 0.6) is 0 Å². The molecule has 3 N–H and O–H groups in total. The van der Waals surface area contributed by atoms with E-state index >= 15 is 0 Å². The van der Waals surface area contributed by atoms with E-state index in [9.17, 15) is 0 Å². The number of epoxide rings is 1. The van der Waals surface area contributed by atoms with Crippen LogP contribution in [0.3, 0.4) is 0 Å². The van der Waals surface area contributed by atoms with Gasteiger partial charge in [0.15, 0.2) is 6.10 Å². The predicted molar refractivity (Wildman–Crippen MR) is 109 cm³/mol. The third-order valence-electron chi connectivity index (χ3n) is 4.93. The summed E-state index contributed by atoms with van der Waals surface area (Å²) in [7, 11) is 0. The fourth-order valence-electron chi connectivity index (χ4n) is 3.31. The first kappa shape index (κ1) is 18.9. The summed E-state index contributed by atoms with van der Waals surface area (Å²) in [6.45, 7) is 2.22. The van der Waals surface area contributed by atoms with Gasteiger partial charge in [-0.15, -0.1) is 0 Å². The molecule has 0 amide bonds. The normalized spacial score (nSPS) is 18.1. The second-order valence-electron chi connectivity index (χ2n) is 7.18. The van der Waals surface area contributed by atoms with Crippen molar-refractivity contribution in [1.29, 1.82) is 0 Å². The van der Waals surface area contributed by atoms with Gasteiger partial charge in [0.25, 0.3) is 0 Å². The number of aromatic nitrogens is 5. The zero-order valence-corrected chi connectivity index (χ0v) is 16.4. The molecule has 0 bridgehead atoms. The fourth-order valence-corrected chi connectivity index (χ4v) is 3.31. The van der Waals surface area contributed by atoms with E-state index in [4.69, 9.17) is 9.26 Å². The lowest BCUT2D eigenvalue weighted by Gasteiger charge is -2.00. The third kappa shape index (κ3) is 4.54. The molecule has 30 heavy (non-hydrogen) atoms. The number of imidazole rings is 1. The summed E-state index contributed by atoms with van der Waals surface area (Å²) in [6.07, 6.45) is 3.03. The minimum atomic E-state index is -0.160. The molecule has 2 atom stereocenters. The van der Waals surface area contributed by atoms with Crippen LogP contribution in [-0.4, -0.2) is 44.4 Å². The van der Waals surface area contributed by atoms with Crippen LogP contribution in [0, 0.1) is 0 Å². The largest absolute Gasteiger partial charge is 0.344 e. The molecule has 0 spiro atoms. The van der Waals surface area contributed by atoms with Crippen LogP contribution >= 0.6 is 0 Å². The minimum Gasteiger partial charge on any atom is -0.344 e. The van der Waals surface area contributed by atoms with E-state index in [1.54, 1.807) is 6.20 Å². The maximum Gasteiger partial charge on any atom is 0.228 e. The Morgan fingerprint density at radius 1 is 1.00 bits per heavy atom. The summed E-state index contributed by atoms with van der Waals surface area (Å²) in [6, 6.07) is 13.9. The molecule has 1 aliphatic rings. The predicted octanol–water partition coefficient (Wildman–Crippen LogP) is 1.90. The van der Waals surface area contributed by atoms with Gasteiger partial charge in [-0.05, 0) is 24.3 Å². The number of nitrogens with zero attached hydrogens (tertiary/aromatic N) is 4. The van der Waals surface area contributed by atoms with Crippen molar-refractivity contribution in [3.8, 4) is 0 Å². The first-order chi connectivity index (χ1) is 14.8. The molecular formula is C21H23N7O2. The Morgan fingerprint density at radius 3 is 2.80 bits per heavy atom. The van der Waals surface area contributed by atoms with Gasteiger partial charge in [-0.3, -0.25) is 10.3 Å². The highest BCUT2D eigenvalue weighted by molar-refractivity contribution is 5.74. The van der Waals surface area contributed by atoms with Gasteiger partial charge < -0.3 is 19.6 Å². The summed E-state index contributed by atoms with van der Waals surface area (Å²) >= 11 is 0. The SMILES string of the molecule is c1ccc(CNC2OC2c2noc(CCNCCc3nc4ccccc4[nH]3)n2)nc1. The molecule has 0 radical (unpaired) electrons. The van der Waals surface area contributed by atoms with Gasteiger partial charge in [0.1, 0.15) is 12.1 Å². The number of H-pyrrole nitrogens is 1. The standard InChI is InChI=1S/C21H23N7O2/c1-2-7-16-15(6-1)25-17(26-16)8-11-22-12-9-18-27-20(28-30-18)19-21(29-19)24-13-14-5-3-4-10-23-14/h1-7,10,19,21-22,24H,8-9,11-13H2,(H,25,26). The summed E-state index contributed by atoms with van der Waals surface area (Å²) in [5.74, 6) is 2.19. The summed E-state index contributed by atoms with van der Waals surface area (Å²) in [5, 5.41) is 10.7. The van der Waals surface area contributed by atoms with Crippen molar-refractivity contribution in [3.63, 3.8) is 0 Å².